The minimum Gasteiger partial charge on any atom is -0.391 e. The van der Waals surface area contributed by atoms with E-state index >= 15 is 0 Å². The summed E-state index contributed by atoms with van der Waals surface area (Å²) in [4.78, 5) is 60.0. The van der Waals surface area contributed by atoms with Gasteiger partial charge in [-0.2, -0.15) is 0 Å². The van der Waals surface area contributed by atoms with Crippen LogP contribution in [-0.4, -0.2) is 62.5 Å². The summed E-state index contributed by atoms with van der Waals surface area (Å²) in [5.41, 5.74) is 11.0. The number of aromatic nitrogens is 1. The molecule has 0 aliphatic heterocycles. The highest BCUT2D eigenvalue weighted by Gasteiger charge is 2.50. The van der Waals surface area contributed by atoms with Gasteiger partial charge in [-0.05, 0) is 67.3 Å². The summed E-state index contributed by atoms with van der Waals surface area (Å²) in [6, 6.07) is 32.6. The number of urea groups is 1. The van der Waals surface area contributed by atoms with E-state index in [2.05, 4.69) is 15.6 Å². The third kappa shape index (κ3) is 9.06. The van der Waals surface area contributed by atoms with Gasteiger partial charge < -0.3 is 32.1 Å². The molecule has 0 saturated carbocycles. The first-order valence-corrected chi connectivity index (χ1v) is 16.8. The van der Waals surface area contributed by atoms with Crippen molar-refractivity contribution in [1.29, 1.82) is 0 Å². The highest BCUT2D eigenvalue weighted by molar-refractivity contribution is 6.01. The number of aliphatic hydroxyl groups is 1. The number of rotatable bonds is 13. The second kappa shape index (κ2) is 15.4. The average molecular weight is 689 g/mol. The van der Waals surface area contributed by atoms with Crippen LogP contribution in [0.2, 0.25) is 0 Å². The molecular formula is C40H44N6O5. The molecule has 0 saturated heterocycles. The maximum absolute atomic E-state index is 13.9. The van der Waals surface area contributed by atoms with Crippen LogP contribution in [0.3, 0.4) is 0 Å². The van der Waals surface area contributed by atoms with Crippen LogP contribution in [0, 0.1) is 5.92 Å². The lowest BCUT2D eigenvalue weighted by molar-refractivity contribution is -0.134. The number of nitrogens with zero attached hydrogens (tertiary/aromatic N) is 2. The number of nitrogens with two attached hydrogens (primary N) is 2. The summed E-state index contributed by atoms with van der Waals surface area (Å²) in [6.07, 6.45) is -2.21. The van der Waals surface area contributed by atoms with Crippen molar-refractivity contribution in [1.82, 2.24) is 20.5 Å². The molecule has 0 fully saturated rings. The first-order chi connectivity index (χ1) is 24.2. The van der Waals surface area contributed by atoms with Crippen LogP contribution in [0.1, 0.15) is 48.8 Å². The third-order valence-electron chi connectivity index (χ3n) is 8.82. The molecule has 0 spiro atoms. The van der Waals surface area contributed by atoms with Crippen LogP contribution in [0.4, 0.5) is 4.79 Å². The summed E-state index contributed by atoms with van der Waals surface area (Å²) in [6.45, 7) is 5.35. The van der Waals surface area contributed by atoms with Gasteiger partial charge in [-0.1, -0.05) is 91.0 Å². The number of para-hydroxylation sites is 1. The number of hydrogen-bond donors (Lipinski definition) is 5. The molecule has 0 aliphatic carbocycles. The maximum Gasteiger partial charge on any atom is 0.318 e. The summed E-state index contributed by atoms with van der Waals surface area (Å²) in [5, 5.41) is 20.7. The van der Waals surface area contributed by atoms with E-state index in [9.17, 15) is 24.3 Å². The zero-order valence-electron chi connectivity index (χ0n) is 29.0. The molecule has 51 heavy (non-hydrogen) atoms. The van der Waals surface area contributed by atoms with E-state index in [1.807, 2.05) is 81.4 Å². The number of aliphatic hydroxyl groups excluding tert-OH is 1. The van der Waals surface area contributed by atoms with E-state index in [0.29, 0.717) is 11.1 Å². The van der Waals surface area contributed by atoms with Gasteiger partial charge in [0.1, 0.15) is 11.2 Å². The lowest BCUT2D eigenvalue weighted by atomic mass is 9.73. The normalized spacial score (nSPS) is 13.9. The van der Waals surface area contributed by atoms with E-state index in [1.165, 1.54) is 11.0 Å². The first kappa shape index (κ1) is 36.5. The monoisotopic (exact) mass is 688 g/mol. The molecule has 1 heterocycles. The SMILES string of the molecule is CC(C)(C)NC(=O)N(Cc1ccc2ccccc2c1)CC(O)C(Cc1ccccc1)C(CC(N)=O)(NC(=O)c1ccc2ccccc2n1)C(N)=O. The molecule has 0 aliphatic rings. The number of pyridine rings is 1. The Morgan fingerprint density at radius 1 is 0.765 bits per heavy atom. The molecule has 5 amide bonds. The highest BCUT2D eigenvalue weighted by atomic mass is 16.3. The zero-order chi connectivity index (χ0) is 36.8. The second-order valence-corrected chi connectivity index (χ2v) is 13.9. The number of benzene rings is 4. The molecule has 11 nitrogen and oxygen atoms in total. The van der Waals surface area contributed by atoms with Crippen molar-refractivity contribution in [2.45, 2.75) is 57.3 Å². The van der Waals surface area contributed by atoms with Crippen LogP contribution in [0.25, 0.3) is 21.7 Å². The molecule has 0 radical (unpaired) electrons. The minimum absolute atomic E-state index is 0.00560. The Morgan fingerprint density at radius 2 is 1.39 bits per heavy atom. The number of amides is 5. The van der Waals surface area contributed by atoms with E-state index in [-0.39, 0.29) is 25.2 Å². The molecule has 3 unspecified atom stereocenters. The van der Waals surface area contributed by atoms with E-state index in [4.69, 9.17) is 11.5 Å². The second-order valence-electron chi connectivity index (χ2n) is 13.9. The maximum atomic E-state index is 13.9. The summed E-state index contributed by atoms with van der Waals surface area (Å²) >= 11 is 0. The van der Waals surface area contributed by atoms with Gasteiger partial charge in [0.25, 0.3) is 5.91 Å². The van der Waals surface area contributed by atoms with Crippen LogP contribution in [0.5, 0.6) is 0 Å². The molecule has 5 aromatic rings. The summed E-state index contributed by atoms with van der Waals surface area (Å²) < 4.78 is 0. The topological polar surface area (TPSA) is 181 Å². The number of hydrogen-bond acceptors (Lipinski definition) is 6. The number of primary amides is 2. The predicted molar refractivity (Wildman–Crippen MR) is 197 cm³/mol. The largest absolute Gasteiger partial charge is 0.391 e. The van der Waals surface area contributed by atoms with Gasteiger partial charge in [-0.15, -0.1) is 0 Å². The molecular weight excluding hydrogens is 644 g/mol. The Balaban J connectivity index is 1.56. The van der Waals surface area contributed by atoms with Gasteiger partial charge in [-0.3, -0.25) is 14.4 Å². The molecule has 264 valence electrons. The van der Waals surface area contributed by atoms with Crippen molar-refractivity contribution >= 4 is 45.4 Å². The van der Waals surface area contributed by atoms with Crippen molar-refractivity contribution < 1.29 is 24.3 Å². The molecule has 4 aromatic carbocycles. The zero-order valence-corrected chi connectivity index (χ0v) is 29.0. The highest BCUT2D eigenvalue weighted by Crippen LogP contribution is 2.31. The lowest BCUT2D eigenvalue weighted by Gasteiger charge is -2.42. The fourth-order valence-electron chi connectivity index (χ4n) is 6.37. The average Bonchev–Trinajstić information content (AvgIpc) is 3.09. The number of carbonyl (C=O) groups is 4. The first-order valence-electron chi connectivity index (χ1n) is 16.8. The van der Waals surface area contributed by atoms with Gasteiger partial charge in [0.15, 0.2) is 0 Å². The van der Waals surface area contributed by atoms with Crippen LogP contribution < -0.4 is 22.1 Å². The standard InChI is InChI=1S/C40H44N6O5/c1-39(2,3)45-38(51)46(24-27-17-18-28-13-7-8-15-30(28)21-27)25-34(47)31(22-26-11-5-4-6-12-26)40(37(42)50,23-35(41)48)44-36(49)33-20-19-29-14-9-10-16-32(29)43-33/h4-21,31,34,47H,22-25H2,1-3H3,(H2,41,48)(H2,42,50)(H,44,49)(H,45,51). The Hall–Kier alpha value is -5.81. The van der Waals surface area contributed by atoms with Gasteiger partial charge >= 0.3 is 6.03 Å². The minimum atomic E-state index is -2.18. The molecule has 11 heteroatoms. The van der Waals surface area contributed by atoms with Crippen molar-refractivity contribution in [3.05, 3.63) is 126 Å². The quantitative estimate of drug-likeness (QED) is 0.122. The molecule has 3 atom stereocenters. The number of nitrogens with one attached hydrogen (secondary N) is 2. The van der Waals surface area contributed by atoms with Crippen molar-refractivity contribution in [2.75, 3.05) is 6.54 Å². The van der Waals surface area contributed by atoms with E-state index < -0.39 is 53.3 Å². The molecule has 7 N–H and O–H groups in total. The van der Waals surface area contributed by atoms with Gasteiger partial charge in [-0.25, -0.2) is 9.78 Å². The van der Waals surface area contributed by atoms with Gasteiger partial charge in [0.2, 0.25) is 11.8 Å². The van der Waals surface area contributed by atoms with E-state index in [0.717, 1.165) is 21.7 Å². The molecule has 0 bridgehead atoms. The van der Waals surface area contributed by atoms with Crippen LogP contribution >= 0.6 is 0 Å². The fourth-order valence-corrected chi connectivity index (χ4v) is 6.37. The Kier molecular flexibility index (Phi) is 11.0. The van der Waals surface area contributed by atoms with Crippen molar-refractivity contribution in [2.24, 2.45) is 17.4 Å². The lowest BCUT2D eigenvalue weighted by Crippen LogP contribution is -2.67. The van der Waals surface area contributed by atoms with Crippen molar-refractivity contribution in [3.63, 3.8) is 0 Å². The molecule has 5 rings (SSSR count). The Labute approximate surface area is 297 Å². The van der Waals surface area contributed by atoms with Crippen LogP contribution in [0.15, 0.2) is 109 Å². The number of fused-ring (bicyclic) bond motifs is 2. The summed E-state index contributed by atoms with van der Waals surface area (Å²) in [7, 11) is 0. The smallest absolute Gasteiger partial charge is 0.318 e. The molecule has 1 aromatic heterocycles. The third-order valence-corrected chi connectivity index (χ3v) is 8.82. The van der Waals surface area contributed by atoms with Gasteiger partial charge in [0, 0.05) is 29.9 Å². The van der Waals surface area contributed by atoms with E-state index in [1.54, 1.807) is 42.5 Å². The van der Waals surface area contributed by atoms with Crippen molar-refractivity contribution in [3.8, 4) is 0 Å². The number of carbonyl (C=O) groups excluding carboxylic acids is 4. The fraction of sp³-hybridized carbons (Fsp3) is 0.275. The predicted octanol–water partition coefficient (Wildman–Crippen LogP) is 4.45. The Bertz CT molecular complexity index is 2050. The summed E-state index contributed by atoms with van der Waals surface area (Å²) in [5.74, 6) is -4.01. The van der Waals surface area contributed by atoms with Gasteiger partial charge in [0.05, 0.1) is 18.0 Å². The Morgan fingerprint density at radius 3 is 2.06 bits per heavy atom. The van der Waals surface area contributed by atoms with Crippen LogP contribution in [-0.2, 0) is 22.6 Å².